The first-order valence-corrected chi connectivity index (χ1v) is 12.0. The van der Waals surface area contributed by atoms with Crippen molar-refractivity contribution >= 4 is 45.5 Å². The first-order valence-electron chi connectivity index (χ1n) is 11.6. The average molecular weight is 492 g/mol. The number of nitrogens with one attached hydrogen (secondary N) is 1. The molecule has 3 N–H and O–H groups in total. The van der Waals surface area contributed by atoms with Crippen LogP contribution in [0.1, 0.15) is 6.42 Å². The summed E-state index contributed by atoms with van der Waals surface area (Å²) in [5.74, 6) is 1.25. The highest BCUT2D eigenvalue weighted by molar-refractivity contribution is 6.33. The van der Waals surface area contributed by atoms with E-state index in [-0.39, 0.29) is 0 Å². The van der Waals surface area contributed by atoms with Crippen LogP contribution in [-0.4, -0.2) is 59.8 Å². The molecule has 0 spiro atoms. The number of hydrogen-bond acceptors (Lipinski definition) is 7. The molecule has 0 unspecified atom stereocenters. The van der Waals surface area contributed by atoms with Gasteiger partial charge in [-0.05, 0) is 44.8 Å². The van der Waals surface area contributed by atoms with E-state index >= 15 is 0 Å². The second-order valence-corrected chi connectivity index (χ2v) is 9.56. The fourth-order valence-electron chi connectivity index (χ4n) is 4.83. The predicted molar refractivity (Wildman–Crippen MR) is 144 cm³/mol. The smallest absolute Gasteiger partial charge is 0.227 e. The Labute approximate surface area is 210 Å². The highest BCUT2D eigenvalue weighted by Gasteiger charge is 2.25. The molecule has 1 atom stereocenters. The van der Waals surface area contributed by atoms with E-state index in [1.807, 2.05) is 48.1 Å². The van der Waals surface area contributed by atoms with Crippen molar-refractivity contribution in [2.45, 2.75) is 12.5 Å². The van der Waals surface area contributed by atoms with E-state index < -0.39 is 0 Å². The number of aromatic nitrogens is 3. The van der Waals surface area contributed by atoms with E-state index in [4.69, 9.17) is 27.1 Å². The summed E-state index contributed by atoms with van der Waals surface area (Å²) in [5.41, 5.74) is 11.6. The molecule has 3 heterocycles. The monoisotopic (exact) mass is 491 g/mol. The number of fused-ring (bicyclic) bond motifs is 1. The van der Waals surface area contributed by atoms with E-state index in [1.165, 1.54) is 0 Å². The Balaban J connectivity index is 1.43. The molecule has 2 aromatic heterocycles. The first-order chi connectivity index (χ1) is 16.9. The summed E-state index contributed by atoms with van der Waals surface area (Å²) in [6.07, 6.45) is 4.76. The lowest BCUT2D eigenvalue weighted by Crippen LogP contribution is -2.31. The molecular weight excluding hydrogens is 462 g/mol. The maximum atomic E-state index is 6.55. The van der Waals surface area contributed by atoms with Gasteiger partial charge in [0.05, 0.1) is 40.9 Å². The van der Waals surface area contributed by atoms with E-state index in [1.54, 1.807) is 13.3 Å². The SMILES string of the molecule is COc1cccc2c(-c3nc(Nc4ccc(N5CC[C@@H](N(C)C)C5)c(N)c4)ncc3Cl)cn(C)c12. The van der Waals surface area contributed by atoms with Crippen molar-refractivity contribution in [3.05, 3.63) is 53.8 Å². The first kappa shape index (κ1) is 23.3. The topological polar surface area (TPSA) is 84.5 Å². The Hall–Kier alpha value is -3.49. The van der Waals surface area contributed by atoms with Gasteiger partial charge in [-0.1, -0.05) is 23.7 Å². The normalized spacial score (nSPS) is 15.8. The van der Waals surface area contributed by atoms with Crippen LogP contribution in [0.15, 0.2) is 48.8 Å². The highest BCUT2D eigenvalue weighted by atomic mass is 35.5. The number of nitrogens with zero attached hydrogens (tertiary/aromatic N) is 5. The lowest BCUT2D eigenvalue weighted by Gasteiger charge is -2.23. The number of nitrogen functional groups attached to an aromatic ring is 1. The second-order valence-electron chi connectivity index (χ2n) is 9.15. The third-order valence-corrected chi connectivity index (χ3v) is 6.98. The van der Waals surface area contributed by atoms with Crippen LogP contribution in [-0.2, 0) is 7.05 Å². The van der Waals surface area contributed by atoms with Gasteiger partial charge < -0.3 is 30.2 Å². The van der Waals surface area contributed by atoms with Crippen molar-refractivity contribution in [3.63, 3.8) is 0 Å². The van der Waals surface area contributed by atoms with Gasteiger partial charge in [0.25, 0.3) is 0 Å². The molecular formula is C26H30ClN7O. The molecule has 0 amide bonds. The summed E-state index contributed by atoms with van der Waals surface area (Å²) < 4.78 is 7.57. The Morgan fingerprint density at radius 3 is 2.77 bits per heavy atom. The Morgan fingerprint density at radius 1 is 1.23 bits per heavy atom. The fraction of sp³-hybridized carbons (Fsp3) is 0.308. The van der Waals surface area contributed by atoms with E-state index in [0.29, 0.717) is 22.7 Å². The van der Waals surface area contributed by atoms with Crippen LogP contribution in [0.4, 0.5) is 23.0 Å². The predicted octanol–water partition coefficient (Wildman–Crippen LogP) is 4.76. The number of anilines is 4. The van der Waals surface area contributed by atoms with Crippen molar-refractivity contribution in [2.24, 2.45) is 7.05 Å². The fourth-order valence-corrected chi connectivity index (χ4v) is 5.03. The molecule has 1 aliphatic rings. The molecule has 2 aromatic carbocycles. The Kier molecular flexibility index (Phi) is 6.17. The summed E-state index contributed by atoms with van der Waals surface area (Å²) >= 11 is 6.55. The molecule has 35 heavy (non-hydrogen) atoms. The minimum atomic E-state index is 0.449. The highest BCUT2D eigenvalue weighted by Crippen LogP contribution is 2.37. The average Bonchev–Trinajstić information content (AvgIpc) is 3.46. The molecule has 4 aromatic rings. The molecule has 1 saturated heterocycles. The van der Waals surface area contributed by atoms with Gasteiger partial charge in [0.2, 0.25) is 5.95 Å². The number of likely N-dealkylation sites (N-methyl/N-ethyl adjacent to an activating group) is 1. The van der Waals surface area contributed by atoms with Gasteiger partial charge in [0.1, 0.15) is 5.75 Å². The number of benzene rings is 2. The number of aryl methyl sites for hydroxylation is 1. The maximum Gasteiger partial charge on any atom is 0.227 e. The standard InChI is InChI=1S/C26H30ClN7O/c1-32(2)17-10-11-34(14-17)22-9-8-16(12-21(22)28)30-26-29-13-20(27)24(31-26)19-15-33(3)25-18(19)6-5-7-23(25)35-4/h5-9,12-13,15,17H,10-11,14,28H2,1-4H3,(H,29,30,31)/t17-/m1/s1. The van der Waals surface area contributed by atoms with Gasteiger partial charge in [-0.25, -0.2) is 9.97 Å². The number of rotatable bonds is 6. The zero-order valence-corrected chi connectivity index (χ0v) is 21.2. The lowest BCUT2D eigenvalue weighted by atomic mass is 10.1. The number of hydrogen-bond donors (Lipinski definition) is 2. The van der Waals surface area contributed by atoms with Crippen LogP contribution >= 0.6 is 11.6 Å². The van der Waals surface area contributed by atoms with Gasteiger partial charge in [-0.15, -0.1) is 0 Å². The zero-order valence-electron chi connectivity index (χ0n) is 20.4. The molecule has 0 aliphatic carbocycles. The minimum absolute atomic E-state index is 0.449. The number of para-hydroxylation sites is 1. The Morgan fingerprint density at radius 2 is 2.06 bits per heavy atom. The molecule has 0 saturated carbocycles. The summed E-state index contributed by atoms with van der Waals surface area (Å²) in [6, 6.07) is 12.5. The quantitative estimate of drug-likeness (QED) is 0.376. The number of nitrogens with two attached hydrogens (primary N) is 1. The van der Waals surface area contributed by atoms with Gasteiger partial charge in [0.15, 0.2) is 0 Å². The van der Waals surface area contributed by atoms with Crippen molar-refractivity contribution in [3.8, 4) is 17.0 Å². The number of ether oxygens (including phenoxy) is 1. The van der Waals surface area contributed by atoms with Gasteiger partial charge in [0, 0.05) is 49.0 Å². The number of methoxy groups -OCH3 is 1. The van der Waals surface area contributed by atoms with Gasteiger partial charge in [-0.2, -0.15) is 0 Å². The van der Waals surface area contributed by atoms with Crippen molar-refractivity contribution in [2.75, 3.05) is 50.2 Å². The maximum absolute atomic E-state index is 6.55. The number of halogens is 1. The van der Waals surface area contributed by atoms with Crippen LogP contribution in [0.3, 0.4) is 0 Å². The summed E-state index contributed by atoms with van der Waals surface area (Å²) in [5, 5.41) is 4.77. The molecule has 1 fully saturated rings. The third kappa shape index (κ3) is 4.35. The summed E-state index contributed by atoms with van der Waals surface area (Å²) in [6.45, 7) is 1.97. The molecule has 0 radical (unpaired) electrons. The lowest BCUT2D eigenvalue weighted by molar-refractivity contribution is 0.315. The van der Waals surface area contributed by atoms with Crippen molar-refractivity contribution < 1.29 is 4.74 Å². The van der Waals surface area contributed by atoms with Crippen molar-refractivity contribution in [1.82, 2.24) is 19.4 Å². The molecule has 1 aliphatic heterocycles. The van der Waals surface area contributed by atoms with Crippen LogP contribution in [0.2, 0.25) is 5.02 Å². The minimum Gasteiger partial charge on any atom is -0.495 e. The molecule has 0 bridgehead atoms. The van der Waals surface area contributed by atoms with E-state index in [9.17, 15) is 0 Å². The third-order valence-electron chi connectivity index (χ3n) is 6.70. The molecule has 9 heteroatoms. The van der Waals surface area contributed by atoms with Crippen LogP contribution in [0.5, 0.6) is 5.75 Å². The summed E-state index contributed by atoms with van der Waals surface area (Å²) in [4.78, 5) is 13.8. The second kappa shape index (κ2) is 9.28. The van der Waals surface area contributed by atoms with Crippen LogP contribution in [0, 0.1) is 0 Å². The van der Waals surface area contributed by atoms with Crippen molar-refractivity contribution in [1.29, 1.82) is 0 Å². The van der Waals surface area contributed by atoms with Gasteiger partial charge in [-0.3, -0.25) is 0 Å². The molecule has 182 valence electrons. The Bertz CT molecular complexity index is 1380. The molecule has 5 rings (SSSR count). The van der Waals surface area contributed by atoms with Crippen LogP contribution < -0.4 is 20.7 Å². The largest absolute Gasteiger partial charge is 0.495 e. The summed E-state index contributed by atoms with van der Waals surface area (Å²) in [7, 11) is 7.90. The van der Waals surface area contributed by atoms with Crippen LogP contribution in [0.25, 0.3) is 22.2 Å². The van der Waals surface area contributed by atoms with E-state index in [0.717, 1.165) is 58.8 Å². The van der Waals surface area contributed by atoms with E-state index in [2.05, 4.69) is 40.3 Å². The van der Waals surface area contributed by atoms with Gasteiger partial charge >= 0.3 is 0 Å². The zero-order chi connectivity index (χ0) is 24.7. The molecule has 8 nitrogen and oxygen atoms in total.